The van der Waals surface area contributed by atoms with Crippen LogP contribution in [-0.2, 0) is 29.5 Å². The van der Waals surface area contributed by atoms with Crippen LogP contribution in [0.2, 0.25) is 0 Å². The fourth-order valence-corrected chi connectivity index (χ4v) is 11.7. The number of halogens is 1. The van der Waals surface area contributed by atoms with Crippen LogP contribution in [0.4, 0.5) is 14.9 Å². The van der Waals surface area contributed by atoms with Gasteiger partial charge in [0, 0.05) is 56.4 Å². The second-order valence-corrected chi connectivity index (χ2v) is 18.5. The molecule has 11 nitrogen and oxygen atoms in total. The lowest BCUT2D eigenvalue weighted by Crippen LogP contribution is -2.68. The summed E-state index contributed by atoms with van der Waals surface area (Å²) in [6.45, 7) is 9.38. The van der Waals surface area contributed by atoms with Crippen molar-refractivity contribution in [2.24, 2.45) is 17.8 Å². The zero-order valence-electron chi connectivity index (χ0n) is 32.5. The Bertz CT molecular complexity index is 1860. The summed E-state index contributed by atoms with van der Waals surface area (Å²) in [6, 6.07) is 14.3. The second-order valence-electron chi connectivity index (χ2n) is 16.5. The van der Waals surface area contributed by atoms with Crippen LogP contribution >= 0.6 is 0 Å². The highest BCUT2D eigenvalue weighted by Crippen LogP contribution is 2.51. The molecule has 0 bridgehead atoms. The molecule has 5 fully saturated rings. The van der Waals surface area contributed by atoms with Gasteiger partial charge in [-0.05, 0) is 125 Å². The number of alkyl carbamates (subject to hydrolysis) is 1. The highest BCUT2D eigenvalue weighted by Gasteiger charge is 2.54. The number of sulfone groups is 1. The number of methoxy groups -OCH3 is 2. The molecule has 0 radical (unpaired) electrons. The molecule has 0 spiro atoms. The normalized spacial score (nSPS) is 24.4. The Labute approximate surface area is 325 Å². The summed E-state index contributed by atoms with van der Waals surface area (Å²) < 4.78 is 52.6. The third-order valence-electron chi connectivity index (χ3n) is 13.2. The van der Waals surface area contributed by atoms with E-state index in [1.807, 2.05) is 18.2 Å². The second kappa shape index (κ2) is 16.4. The largest absolute Gasteiger partial charge is 0.453 e. The average molecular weight is 778 g/mol. The number of anilines is 1. The lowest BCUT2D eigenvalue weighted by Gasteiger charge is -2.55. The summed E-state index contributed by atoms with van der Waals surface area (Å²) >= 11 is 0. The average Bonchev–Trinajstić information content (AvgIpc) is 3.59. The Balaban J connectivity index is 0.992. The molecule has 1 saturated carbocycles. The van der Waals surface area contributed by atoms with Gasteiger partial charge in [-0.1, -0.05) is 24.5 Å². The van der Waals surface area contributed by atoms with Gasteiger partial charge in [0.1, 0.15) is 11.4 Å². The number of piperidine rings is 1. The van der Waals surface area contributed by atoms with Crippen molar-refractivity contribution in [3.05, 3.63) is 59.9 Å². The third-order valence-corrected chi connectivity index (χ3v) is 15.1. The van der Waals surface area contributed by atoms with Crippen LogP contribution in [0.3, 0.4) is 0 Å². The van der Waals surface area contributed by atoms with Gasteiger partial charge in [0.2, 0.25) is 0 Å². The summed E-state index contributed by atoms with van der Waals surface area (Å²) in [4.78, 5) is 33.6. The first-order chi connectivity index (χ1) is 26.5. The molecule has 55 heavy (non-hydrogen) atoms. The first-order valence-corrected chi connectivity index (χ1v) is 21.5. The van der Waals surface area contributed by atoms with Crippen molar-refractivity contribution < 1.29 is 31.9 Å². The van der Waals surface area contributed by atoms with Crippen LogP contribution in [-0.4, -0.2) is 132 Å². The minimum absolute atomic E-state index is 0.0100. The Morgan fingerprint density at radius 1 is 0.964 bits per heavy atom. The topological polar surface area (TPSA) is 112 Å². The van der Waals surface area contributed by atoms with Gasteiger partial charge in [-0.2, -0.15) is 0 Å². The summed E-state index contributed by atoms with van der Waals surface area (Å²) in [5.74, 6) is 5.03. The Hall–Kier alpha value is -3.70. The SMILES string of the molecule is CC#CC(=O)N1CC(CS(=O)(=O)c2ccc(N3CC(CN4CCC([C@@](CN5CCC5)(c5cccc(F)c5)[C@H]5CCC[C@@H]5NC(=O)OC)CC4)(OC)C3)cc2)C1. The van der Waals surface area contributed by atoms with Crippen molar-refractivity contribution in [3.63, 3.8) is 0 Å². The van der Waals surface area contributed by atoms with Gasteiger partial charge in [-0.3, -0.25) is 4.79 Å². The van der Waals surface area contributed by atoms with Gasteiger partial charge in [0.05, 0.1) is 30.8 Å². The molecule has 1 aliphatic carbocycles. The van der Waals surface area contributed by atoms with E-state index in [9.17, 15) is 18.0 Å². The van der Waals surface area contributed by atoms with E-state index in [1.54, 1.807) is 37.1 Å². The summed E-state index contributed by atoms with van der Waals surface area (Å²) in [6.07, 6.45) is 5.58. The molecular weight excluding hydrogens is 722 g/mol. The van der Waals surface area contributed by atoms with Gasteiger partial charge in [-0.25, -0.2) is 17.6 Å². The summed E-state index contributed by atoms with van der Waals surface area (Å²) in [7, 11) is -0.296. The number of ether oxygens (including phenoxy) is 2. The molecule has 7 rings (SSSR count). The number of carbonyl (C=O) groups excluding carboxylic acids is 2. The Morgan fingerprint density at radius 2 is 1.69 bits per heavy atom. The Morgan fingerprint density at radius 3 is 2.31 bits per heavy atom. The van der Waals surface area contributed by atoms with E-state index >= 15 is 4.39 Å². The van der Waals surface area contributed by atoms with Gasteiger partial charge < -0.3 is 34.4 Å². The highest BCUT2D eigenvalue weighted by atomic mass is 32.2. The van der Waals surface area contributed by atoms with Gasteiger partial charge >= 0.3 is 6.09 Å². The summed E-state index contributed by atoms with van der Waals surface area (Å²) in [5, 5.41) is 3.18. The van der Waals surface area contributed by atoms with Crippen LogP contribution in [0.25, 0.3) is 0 Å². The number of hydrogen-bond donors (Lipinski definition) is 1. The molecule has 13 heteroatoms. The number of nitrogens with zero attached hydrogens (tertiary/aromatic N) is 4. The fourth-order valence-electron chi connectivity index (χ4n) is 10.2. The maximum Gasteiger partial charge on any atom is 0.407 e. The van der Waals surface area contributed by atoms with Crippen molar-refractivity contribution in [2.75, 3.05) is 90.3 Å². The minimum Gasteiger partial charge on any atom is -0.453 e. The quantitative estimate of drug-likeness (QED) is 0.300. The molecule has 298 valence electrons. The van der Waals surface area contributed by atoms with Crippen molar-refractivity contribution in [2.45, 2.75) is 67.4 Å². The lowest BCUT2D eigenvalue weighted by molar-refractivity contribution is -0.130. The van der Waals surface area contributed by atoms with E-state index in [0.29, 0.717) is 37.0 Å². The first-order valence-electron chi connectivity index (χ1n) is 19.9. The molecular formula is C42H56FN5O6S. The van der Waals surface area contributed by atoms with Crippen molar-refractivity contribution in [1.29, 1.82) is 0 Å². The van der Waals surface area contributed by atoms with Crippen LogP contribution in [0, 0.1) is 35.4 Å². The number of rotatable bonds is 13. The molecule has 2 aromatic carbocycles. The van der Waals surface area contributed by atoms with Crippen LogP contribution < -0.4 is 10.2 Å². The minimum atomic E-state index is -3.48. The van der Waals surface area contributed by atoms with Crippen molar-refractivity contribution >= 4 is 27.5 Å². The standard InChI is InChI=1S/C42H56FN5O6S/c1-4-8-39(49)47-24-31(25-47)26-55(51,52)36-15-13-35(14-16-36)48-28-41(29-48,54-3)27-46-21-17-32(18-22-46)42(30-45-19-7-20-45,33-9-5-10-34(43)23-33)37-11-6-12-38(37)44-40(50)53-2/h5,9-10,13-16,23,31-32,37-38H,6-7,11-12,17-22,24-30H2,1-3H3,(H,44,50)/t37-,38-,42-/m0/s1. The van der Waals surface area contributed by atoms with E-state index in [4.69, 9.17) is 9.47 Å². The molecule has 2 amide bonds. The van der Waals surface area contributed by atoms with E-state index < -0.39 is 15.9 Å². The molecule has 5 aliphatic rings. The zero-order valence-corrected chi connectivity index (χ0v) is 33.3. The predicted octanol–water partition coefficient (Wildman–Crippen LogP) is 4.17. The number of carbonyl (C=O) groups is 2. The number of likely N-dealkylation sites (tertiary alicyclic amines) is 3. The third kappa shape index (κ3) is 8.24. The highest BCUT2D eigenvalue weighted by molar-refractivity contribution is 7.91. The monoisotopic (exact) mass is 777 g/mol. The number of benzene rings is 2. The number of amides is 2. The van der Waals surface area contributed by atoms with E-state index in [0.717, 1.165) is 82.6 Å². The van der Waals surface area contributed by atoms with E-state index in [1.165, 1.54) is 19.6 Å². The maximum atomic E-state index is 15.0. The lowest BCUT2D eigenvalue weighted by atomic mass is 9.57. The zero-order chi connectivity index (χ0) is 38.8. The van der Waals surface area contributed by atoms with E-state index in [-0.39, 0.29) is 46.4 Å². The van der Waals surface area contributed by atoms with Gasteiger partial charge in [0.25, 0.3) is 5.91 Å². The molecule has 1 N–H and O–H groups in total. The fraction of sp³-hybridized carbons (Fsp3) is 0.619. The van der Waals surface area contributed by atoms with Gasteiger partial charge in [0.15, 0.2) is 9.84 Å². The molecule has 0 aromatic heterocycles. The molecule has 2 aromatic rings. The smallest absolute Gasteiger partial charge is 0.407 e. The summed E-state index contributed by atoms with van der Waals surface area (Å²) in [5.41, 5.74) is 1.35. The van der Waals surface area contributed by atoms with Crippen LogP contribution in [0.1, 0.15) is 51.0 Å². The van der Waals surface area contributed by atoms with Crippen molar-refractivity contribution in [1.82, 2.24) is 20.0 Å². The number of nitrogens with one attached hydrogen (secondary N) is 1. The van der Waals surface area contributed by atoms with Crippen molar-refractivity contribution in [3.8, 4) is 11.8 Å². The van der Waals surface area contributed by atoms with Crippen LogP contribution in [0.15, 0.2) is 53.4 Å². The van der Waals surface area contributed by atoms with E-state index in [2.05, 4.69) is 37.9 Å². The maximum absolute atomic E-state index is 15.0. The molecule has 4 heterocycles. The van der Waals surface area contributed by atoms with Gasteiger partial charge in [-0.15, -0.1) is 0 Å². The number of hydrogen-bond acceptors (Lipinski definition) is 9. The molecule has 4 saturated heterocycles. The Kier molecular flexibility index (Phi) is 11.8. The molecule has 4 aliphatic heterocycles. The van der Waals surface area contributed by atoms with Crippen LogP contribution in [0.5, 0.6) is 0 Å². The molecule has 3 atom stereocenters. The molecule has 0 unspecified atom stereocenters. The predicted molar refractivity (Wildman–Crippen MR) is 209 cm³/mol. The first kappa shape index (κ1) is 39.5.